The fourth-order valence-electron chi connectivity index (χ4n) is 1.81. The van der Waals surface area contributed by atoms with Crippen LogP contribution in [-0.4, -0.2) is 22.2 Å². The highest BCUT2D eigenvalue weighted by atomic mass is 32.1. The molecule has 0 bridgehead atoms. The zero-order chi connectivity index (χ0) is 15.9. The van der Waals surface area contributed by atoms with E-state index in [2.05, 4.69) is 10.3 Å². The first-order valence-corrected chi connectivity index (χ1v) is 7.53. The van der Waals surface area contributed by atoms with Crippen molar-refractivity contribution in [3.05, 3.63) is 52.0 Å². The Morgan fingerprint density at radius 2 is 2.09 bits per heavy atom. The van der Waals surface area contributed by atoms with Gasteiger partial charge in [-0.15, -0.1) is 11.3 Å². The second-order valence-corrected chi connectivity index (χ2v) is 5.57. The monoisotopic (exact) mass is 320 g/mol. The van der Waals surface area contributed by atoms with E-state index in [-0.39, 0.29) is 13.0 Å². The maximum absolute atomic E-state index is 11.8. The third-order valence-electron chi connectivity index (χ3n) is 2.82. The van der Waals surface area contributed by atoms with E-state index in [1.165, 1.54) is 11.3 Å². The number of rotatable bonds is 6. The highest BCUT2D eigenvalue weighted by molar-refractivity contribution is 7.09. The number of carboxylic acid groups (broad SMARTS) is 1. The lowest BCUT2D eigenvalue weighted by Crippen LogP contribution is -2.30. The molecule has 1 atom stereocenters. The number of amides is 1. The third-order valence-corrected chi connectivity index (χ3v) is 3.89. The minimum absolute atomic E-state index is 0.128. The van der Waals surface area contributed by atoms with Gasteiger partial charge in [0.2, 0.25) is 0 Å². The molecule has 22 heavy (non-hydrogen) atoms. The Labute approximate surface area is 131 Å². The summed E-state index contributed by atoms with van der Waals surface area (Å²) in [5.74, 6) is -1.01. The van der Waals surface area contributed by atoms with Gasteiger partial charge in [-0.1, -0.05) is 30.3 Å². The second kappa shape index (κ2) is 7.56. The van der Waals surface area contributed by atoms with Crippen molar-refractivity contribution in [2.75, 3.05) is 0 Å². The molecule has 0 spiro atoms. The lowest BCUT2D eigenvalue weighted by molar-refractivity contribution is -0.137. The molecule has 0 aliphatic carbocycles. The zero-order valence-corrected chi connectivity index (χ0v) is 12.8. The Bertz CT molecular complexity index is 642. The largest absolute Gasteiger partial charge is 0.481 e. The number of aromatic nitrogens is 1. The van der Waals surface area contributed by atoms with Gasteiger partial charge in [0.15, 0.2) is 0 Å². The number of thiazole rings is 1. The second-order valence-electron chi connectivity index (χ2n) is 4.68. The van der Waals surface area contributed by atoms with Gasteiger partial charge in [-0.2, -0.15) is 0 Å². The molecule has 0 aliphatic heterocycles. The molecular weight excluding hydrogens is 304 g/mol. The van der Waals surface area contributed by atoms with Crippen molar-refractivity contribution >= 4 is 23.4 Å². The Kier molecular flexibility index (Phi) is 5.48. The number of hydrogen-bond acceptors (Lipinski definition) is 5. The van der Waals surface area contributed by atoms with Gasteiger partial charge >= 0.3 is 12.1 Å². The van der Waals surface area contributed by atoms with Gasteiger partial charge < -0.3 is 15.2 Å². The van der Waals surface area contributed by atoms with Gasteiger partial charge in [-0.3, -0.25) is 4.79 Å². The molecule has 116 valence electrons. The summed E-state index contributed by atoms with van der Waals surface area (Å²) in [6.45, 7) is 1.94. The van der Waals surface area contributed by atoms with Crippen molar-refractivity contribution in [1.29, 1.82) is 0 Å². The highest BCUT2D eigenvalue weighted by Crippen LogP contribution is 2.21. The van der Waals surface area contributed by atoms with E-state index < -0.39 is 18.1 Å². The average molecular weight is 320 g/mol. The fraction of sp³-hybridized carbons (Fsp3) is 0.267. The fourth-order valence-corrected chi connectivity index (χ4v) is 2.66. The number of aryl methyl sites for hydroxylation is 1. The first-order valence-electron chi connectivity index (χ1n) is 6.65. The molecule has 0 saturated carbocycles. The summed E-state index contributed by atoms with van der Waals surface area (Å²) in [5.41, 5.74) is 1.65. The number of nitrogens with one attached hydrogen (secondary N) is 1. The maximum Gasteiger partial charge on any atom is 0.408 e. The molecule has 0 aliphatic rings. The van der Waals surface area contributed by atoms with E-state index in [1.807, 2.05) is 37.3 Å². The molecule has 6 nitrogen and oxygen atoms in total. The van der Waals surface area contributed by atoms with Crippen LogP contribution in [-0.2, 0) is 16.1 Å². The average Bonchev–Trinajstić information content (AvgIpc) is 2.92. The van der Waals surface area contributed by atoms with Crippen LogP contribution < -0.4 is 5.32 Å². The van der Waals surface area contributed by atoms with Gasteiger partial charge in [-0.05, 0) is 12.5 Å². The van der Waals surface area contributed by atoms with E-state index >= 15 is 0 Å². The molecular formula is C15H16N2O4S. The first kappa shape index (κ1) is 16.0. The lowest BCUT2D eigenvalue weighted by atomic mass is 10.2. The van der Waals surface area contributed by atoms with Crippen LogP contribution in [0.3, 0.4) is 0 Å². The molecule has 2 aromatic rings. The number of carbonyl (C=O) groups is 2. The Balaban J connectivity index is 1.94. The van der Waals surface area contributed by atoms with Crippen molar-refractivity contribution in [1.82, 2.24) is 10.3 Å². The van der Waals surface area contributed by atoms with E-state index in [1.54, 1.807) is 5.38 Å². The molecule has 0 saturated heterocycles. The molecule has 2 rings (SSSR count). The molecule has 0 radical (unpaired) electrons. The molecule has 1 heterocycles. The standard InChI is InChI=1S/C15H16N2O4S/c1-10-9-22-14(16-10)12(7-13(18)19)17-15(20)21-8-11-5-3-2-4-6-11/h2-6,9,12H,7-8H2,1H3,(H,17,20)(H,18,19)/t12-/m0/s1. The Hall–Kier alpha value is -2.41. The molecule has 1 amide bonds. The number of aliphatic carboxylic acids is 1. The Morgan fingerprint density at radius 3 is 2.68 bits per heavy atom. The topological polar surface area (TPSA) is 88.5 Å². The zero-order valence-electron chi connectivity index (χ0n) is 12.0. The molecule has 1 aromatic carbocycles. The van der Waals surface area contributed by atoms with E-state index in [0.717, 1.165) is 11.3 Å². The molecule has 7 heteroatoms. The number of nitrogens with zero attached hydrogens (tertiary/aromatic N) is 1. The summed E-state index contributed by atoms with van der Waals surface area (Å²) in [5, 5.41) is 13.9. The van der Waals surface area contributed by atoms with E-state index in [9.17, 15) is 9.59 Å². The molecule has 2 N–H and O–H groups in total. The van der Waals surface area contributed by atoms with Crippen LogP contribution in [0.1, 0.15) is 28.7 Å². The van der Waals surface area contributed by atoms with Gasteiger partial charge in [-0.25, -0.2) is 9.78 Å². The van der Waals surface area contributed by atoms with Gasteiger partial charge in [0.05, 0.1) is 12.5 Å². The number of hydrogen-bond donors (Lipinski definition) is 2. The van der Waals surface area contributed by atoms with Crippen LogP contribution in [0.25, 0.3) is 0 Å². The van der Waals surface area contributed by atoms with E-state index in [4.69, 9.17) is 9.84 Å². The minimum atomic E-state index is -1.01. The van der Waals surface area contributed by atoms with Crippen molar-refractivity contribution in [2.24, 2.45) is 0 Å². The molecule has 0 unspecified atom stereocenters. The normalized spacial score (nSPS) is 11.7. The summed E-state index contributed by atoms with van der Waals surface area (Å²) >= 11 is 1.31. The summed E-state index contributed by atoms with van der Waals surface area (Å²) < 4.78 is 5.10. The van der Waals surface area contributed by atoms with Crippen LogP contribution in [0.4, 0.5) is 4.79 Å². The van der Waals surface area contributed by atoms with Crippen LogP contribution >= 0.6 is 11.3 Å². The number of ether oxygens (including phenoxy) is 1. The maximum atomic E-state index is 11.8. The predicted octanol–water partition coefficient (Wildman–Crippen LogP) is 2.89. The molecule has 1 aromatic heterocycles. The molecule has 0 fully saturated rings. The quantitative estimate of drug-likeness (QED) is 0.854. The van der Waals surface area contributed by atoms with Gasteiger partial charge in [0.25, 0.3) is 0 Å². The number of benzene rings is 1. The summed E-state index contributed by atoms with van der Waals surface area (Å²) in [6, 6.07) is 8.56. The van der Waals surface area contributed by atoms with Gasteiger partial charge in [0, 0.05) is 11.1 Å². The number of alkyl carbamates (subject to hydrolysis) is 1. The Morgan fingerprint density at radius 1 is 1.36 bits per heavy atom. The number of carboxylic acids is 1. The van der Waals surface area contributed by atoms with Crippen molar-refractivity contribution in [3.8, 4) is 0 Å². The van der Waals surface area contributed by atoms with Crippen molar-refractivity contribution < 1.29 is 19.4 Å². The van der Waals surface area contributed by atoms with Crippen LogP contribution in [0.5, 0.6) is 0 Å². The summed E-state index contributed by atoms with van der Waals surface area (Å²) in [7, 11) is 0. The lowest BCUT2D eigenvalue weighted by Gasteiger charge is -2.14. The van der Waals surface area contributed by atoms with Crippen molar-refractivity contribution in [3.63, 3.8) is 0 Å². The van der Waals surface area contributed by atoms with Crippen LogP contribution in [0.15, 0.2) is 35.7 Å². The van der Waals surface area contributed by atoms with E-state index in [0.29, 0.717) is 5.01 Å². The van der Waals surface area contributed by atoms with Crippen LogP contribution in [0.2, 0.25) is 0 Å². The third kappa shape index (κ3) is 4.85. The smallest absolute Gasteiger partial charge is 0.408 e. The predicted molar refractivity (Wildman–Crippen MR) is 81.6 cm³/mol. The minimum Gasteiger partial charge on any atom is -0.481 e. The SMILES string of the molecule is Cc1csc([C@H](CC(=O)O)NC(=O)OCc2ccccc2)n1. The van der Waals surface area contributed by atoms with Crippen molar-refractivity contribution in [2.45, 2.75) is 26.0 Å². The first-order chi connectivity index (χ1) is 10.5. The highest BCUT2D eigenvalue weighted by Gasteiger charge is 2.21. The number of carbonyl (C=O) groups excluding carboxylic acids is 1. The summed E-state index contributed by atoms with van der Waals surface area (Å²) in [6.07, 6.45) is -0.907. The van der Waals surface area contributed by atoms with Crippen LogP contribution in [0, 0.1) is 6.92 Å². The van der Waals surface area contributed by atoms with Gasteiger partial charge in [0.1, 0.15) is 11.6 Å². The summed E-state index contributed by atoms with van der Waals surface area (Å²) in [4.78, 5) is 27.0.